The number of fused-ring (bicyclic) bond motifs is 1. The first kappa shape index (κ1) is 19.5. The highest BCUT2D eigenvalue weighted by Gasteiger charge is 2.24. The summed E-state index contributed by atoms with van der Waals surface area (Å²) in [7, 11) is 0. The van der Waals surface area contributed by atoms with Gasteiger partial charge in [-0.1, -0.05) is 22.8 Å². The van der Waals surface area contributed by atoms with Gasteiger partial charge >= 0.3 is 5.69 Å². The highest BCUT2D eigenvalue weighted by atomic mass is 35.5. The Hall–Kier alpha value is -2.77. The minimum atomic E-state index is -0.107. The molecule has 2 heterocycles. The molecule has 0 saturated carbocycles. The smallest absolute Gasteiger partial charge is 0.326 e. The number of phenolic OH excluding ortho intramolecular Hbond substituents is 1. The van der Waals surface area contributed by atoms with Crippen LogP contribution in [0.15, 0.2) is 40.3 Å². The van der Waals surface area contributed by atoms with Gasteiger partial charge in [0.2, 0.25) is 0 Å². The van der Waals surface area contributed by atoms with Crippen molar-refractivity contribution in [2.45, 2.75) is 32.4 Å². The normalized spacial score (nSPS) is 16.2. The largest absolute Gasteiger partial charge is 0.507 e. The molecule has 0 radical (unpaired) electrons. The molecule has 0 aliphatic carbocycles. The summed E-state index contributed by atoms with van der Waals surface area (Å²) in [5.74, 6) is 0.139. The zero-order chi connectivity index (χ0) is 20.5. The van der Waals surface area contributed by atoms with Crippen molar-refractivity contribution in [3.05, 3.63) is 62.5 Å². The van der Waals surface area contributed by atoms with Crippen LogP contribution in [0.4, 0.5) is 0 Å². The van der Waals surface area contributed by atoms with E-state index in [1.807, 2.05) is 23.6 Å². The highest BCUT2D eigenvalue weighted by Crippen LogP contribution is 2.29. The number of hydrogen-bond acceptors (Lipinski definition) is 5. The number of benzene rings is 2. The topological polar surface area (TPSA) is 93.8 Å². The number of likely N-dealkylation sites (tertiary alicyclic amines) is 1. The maximum atomic E-state index is 12.5. The van der Waals surface area contributed by atoms with Crippen LogP contribution < -0.4 is 5.69 Å². The first-order chi connectivity index (χ1) is 14.0. The Bertz CT molecular complexity index is 1130. The van der Waals surface area contributed by atoms with Gasteiger partial charge in [0.15, 0.2) is 0 Å². The summed E-state index contributed by atoms with van der Waals surface area (Å²) in [5.41, 5.74) is 3.82. The standard InChI is InChI=1S/C21H23ClN4O3/c1-13-8-14(11-23-29)20(27)15(9-13)12-25-6-4-17(5-7-25)26-19-3-2-16(22)10-18(19)24-21(26)28/h2-3,8-11,17,27,29H,4-7,12H2,1H3,(H,24,28)/b23-11+. The van der Waals surface area contributed by atoms with Crippen molar-refractivity contribution < 1.29 is 10.3 Å². The lowest BCUT2D eigenvalue weighted by atomic mass is 10.0. The number of hydrogen-bond donors (Lipinski definition) is 3. The lowest BCUT2D eigenvalue weighted by Crippen LogP contribution is -2.36. The Morgan fingerprint density at radius 3 is 2.76 bits per heavy atom. The molecule has 3 aromatic rings. The lowest BCUT2D eigenvalue weighted by molar-refractivity contribution is 0.178. The molecule has 1 aromatic heterocycles. The number of oxime groups is 1. The molecule has 8 heteroatoms. The third-order valence-electron chi connectivity index (χ3n) is 5.55. The molecule has 1 aliphatic heterocycles. The second kappa shape index (κ2) is 7.93. The van der Waals surface area contributed by atoms with Crippen molar-refractivity contribution in [1.29, 1.82) is 0 Å². The number of nitrogens with zero attached hydrogens (tertiary/aromatic N) is 3. The number of nitrogens with one attached hydrogen (secondary N) is 1. The van der Waals surface area contributed by atoms with Gasteiger partial charge in [-0.3, -0.25) is 9.47 Å². The van der Waals surface area contributed by atoms with Crippen LogP contribution in [-0.2, 0) is 6.54 Å². The fourth-order valence-corrected chi connectivity index (χ4v) is 4.38. The fraction of sp³-hybridized carbons (Fsp3) is 0.333. The molecule has 29 heavy (non-hydrogen) atoms. The number of aromatic nitrogens is 2. The van der Waals surface area contributed by atoms with E-state index in [0.717, 1.165) is 48.1 Å². The Kier molecular flexibility index (Phi) is 5.34. The van der Waals surface area contributed by atoms with E-state index in [2.05, 4.69) is 15.0 Å². The highest BCUT2D eigenvalue weighted by molar-refractivity contribution is 6.31. The number of aromatic amines is 1. The Morgan fingerprint density at radius 2 is 2.03 bits per heavy atom. The summed E-state index contributed by atoms with van der Waals surface area (Å²) in [4.78, 5) is 17.6. The fourth-order valence-electron chi connectivity index (χ4n) is 4.21. The number of aryl methyl sites for hydroxylation is 1. The van der Waals surface area contributed by atoms with Crippen molar-refractivity contribution >= 4 is 28.8 Å². The van der Waals surface area contributed by atoms with E-state index in [1.54, 1.807) is 18.2 Å². The second-order valence-electron chi connectivity index (χ2n) is 7.58. The number of H-pyrrole nitrogens is 1. The van der Waals surface area contributed by atoms with Gasteiger partial charge in [0.1, 0.15) is 5.75 Å². The van der Waals surface area contributed by atoms with Gasteiger partial charge in [0, 0.05) is 41.8 Å². The molecule has 0 amide bonds. The third-order valence-corrected chi connectivity index (χ3v) is 5.79. The van der Waals surface area contributed by atoms with E-state index in [9.17, 15) is 9.90 Å². The van der Waals surface area contributed by atoms with Crippen LogP contribution in [-0.4, -0.2) is 44.1 Å². The number of halogens is 1. The van der Waals surface area contributed by atoms with Crippen LogP contribution in [0.2, 0.25) is 5.02 Å². The summed E-state index contributed by atoms with van der Waals surface area (Å²) in [6.07, 6.45) is 2.92. The van der Waals surface area contributed by atoms with Crippen molar-refractivity contribution in [1.82, 2.24) is 14.5 Å². The van der Waals surface area contributed by atoms with Gasteiger partial charge in [-0.05, 0) is 49.6 Å². The van der Waals surface area contributed by atoms with E-state index in [0.29, 0.717) is 17.1 Å². The molecule has 152 valence electrons. The molecule has 2 aromatic carbocycles. The predicted octanol–water partition coefficient (Wildman–Crippen LogP) is 3.64. The average Bonchev–Trinajstić information content (AvgIpc) is 3.01. The molecule has 0 bridgehead atoms. The predicted molar refractivity (Wildman–Crippen MR) is 113 cm³/mol. The lowest BCUT2D eigenvalue weighted by Gasteiger charge is -2.32. The van der Waals surface area contributed by atoms with Crippen molar-refractivity contribution in [2.75, 3.05) is 13.1 Å². The van der Waals surface area contributed by atoms with Crippen LogP contribution in [0.3, 0.4) is 0 Å². The van der Waals surface area contributed by atoms with E-state index in [4.69, 9.17) is 16.8 Å². The van der Waals surface area contributed by atoms with Gasteiger partial charge in [-0.15, -0.1) is 0 Å². The Labute approximate surface area is 172 Å². The number of imidazole rings is 1. The van der Waals surface area contributed by atoms with Gasteiger partial charge in [-0.25, -0.2) is 4.79 Å². The summed E-state index contributed by atoms with van der Waals surface area (Å²) in [6.45, 7) is 4.17. The monoisotopic (exact) mass is 414 g/mol. The van der Waals surface area contributed by atoms with Gasteiger partial charge in [0.25, 0.3) is 0 Å². The SMILES string of the molecule is Cc1cc(/C=N/O)c(O)c(CN2CCC(n3c(=O)[nH]c4cc(Cl)ccc43)CC2)c1. The van der Waals surface area contributed by atoms with Crippen LogP contribution in [0, 0.1) is 6.92 Å². The number of piperidine rings is 1. The quantitative estimate of drug-likeness (QED) is 0.345. The van der Waals surface area contributed by atoms with Crippen LogP contribution in [0.1, 0.15) is 35.6 Å². The minimum Gasteiger partial charge on any atom is -0.507 e. The van der Waals surface area contributed by atoms with E-state index < -0.39 is 0 Å². The Morgan fingerprint density at radius 1 is 1.28 bits per heavy atom. The van der Waals surface area contributed by atoms with Crippen molar-refractivity contribution in [2.24, 2.45) is 5.16 Å². The summed E-state index contributed by atoms with van der Waals surface area (Å²) in [5, 5.41) is 22.9. The molecule has 0 spiro atoms. The molecule has 1 fully saturated rings. The van der Waals surface area contributed by atoms with E-state index >= 15 is 0 Å². The molecule has 0 atom stereocenters. The summed E-state index contributed by atoms with van der Waals surface area (Å²) in [6, 6.07) is 9.31. The minimum absolute atomic E-state index is 0.107. The number of aromatic hydroxyl groups is 1. The molecule has 1 aliphatic rings. The first-order valence-corrected chi connectivity index (χ1v) is 9.96. The van der Waals surface area contributed by atoms with Crippen molar-refractivity contribution in [3.63, 3.8) is 0 Å². The molecule has 4 rings (SSSR count). The molecule has 3 N–H and O–H groups in total. The zero-order valence-electron chi connectivity index (χ0n) is 16.1. The molecular formula is C21H23ClN4O3. The summed E-state index contributed by atoms with van der Waals surface area (Å²) >= 11 is 6.04. The maximum absolute atomic E-state index is 12.5. The zero-order valence-corrected chi connectivity index (χ0v) is 16.9. The van der Waals surface area contributed by atoms with Crippen LogP contribution in [0.5, 0.6) is 5.75 Å². The maximum Gasteiger partial charge on any atom is 0.326 e. The number of phenols is 1. The Balaban J connectivity index is 1.50. The van der Waals surface area contributed by atoms with E-state index in [1.165, 1.54) is 6.21 Å². The van der Waals surface area contributed by atoms with Crippen LogP contribution in [0.25, 0.3) is 11.0 Å². The van der Waals surface area contributed by atoms with Gasteiger partial charge < -0.3 is 15.3 Å². The number of rotatable bonds is 4. The summed E-state index contributed by atoms with van der Waals surface area (Å²) < 4.78 is 1.84. The average molecular weight is 415 g/mol. The first-order valence-electron chi connectivity index (χ1n) is 9.58. The molecule has 0 unspecified atom stereocenters. The van der Waals surface area contributed by atoms with Gasteiger partial charge in [-0.2, -0.15) is 0 Å². The molecular weight excluding hydrogens is 392 g/mol. The molecule has 1 saturated heterocycles. The van der Waals surface area contributed by atoms with Crippen molar-refractivity contribution in [3.8, 4) is 5.75 Å². The van der Waals surface area contributed by atoms with Crippen LogP contribution >= 0.6 is 11.6 Å². The molecule has 7 nitrogen and oxygen atoms in total. The van der Waals surface area contributed by atoms with E-state index in [-0.39, 0.29) is 17.5 Å². The third kappa shape index (κ3) is 3.88. The van der Waals surface area contributed by atoms with Gasteiger partial charge in [0.05, 0.1) is 17.2 Å². The second-order valence-corrected chi connectivity index (χ2v) is 8.01.